The zero-order valence-electron chi connectivity index (χ0n) is 22.4. The van der Waals surface area contributed by atoms with Gasteiger partial charge in [0.05, 0.1) is 20.5 Å². The number of carbonyl (C=O) groups excluding carboxylic acids is 3. The smallest absolute Gasteiger partial charge is 0.481 e. The van der Waals surface area contributed by atoms with Crippen molar-refractivity contribution in [1.82, 2.24) is 0 Å². The number of rotatable bonds is 6. The van der Waals surface area contributed by atoms with Crippen molar-refractivity contribution in [3.05, 3.63) is 11.6 Å². The highest BCUT2D eigenvalue weighted by Crippen LogP contribution is 2.65. The molecule has 8 nitrogen and oxygen atoms in total. The summed E-state index contributed by atoms with van der Waals surface area (Å²) in [5.41, 5.74) is 1.38. The Morgan fingerprint density at radius 2 is 1.81 bits per heavy atom. The lowest BCUT2D eigenvalue weighted by molar-refractivity contribution is -0.821. The minimum Gasteiger partial charge on any atom is -0.481 e. The molecule has 36 heavy (non-hydrogen) atoms. The summed E-state index contributed by atoms with van der Waals surface area (Å²) in [6, 6.07) is 0. The number of esters is 1. The van der Waals surface area contributed by atoms with Crippen LogP contribution in [0.1, 0.15) is 78.6 Å². The number of nitrogens with zero attached hydrogens (tertiary/aromatic N) is 1. The Balaban J connectivity index is 1.45. The average Bonchev–Trinajstić information content (AvgIpc) is 3.09. The van der Waals surface area contributed by atoms with E-state index in [1.54, 1.807) is 14.1 Å². The molecule has 4 aliphatic carbocycles. The van der Waals surface area contributed by atoms with E-state index >= 15 is 0 Å². The van der Waals surface area contributed by atoms with Crippen molar-refractivity contribution in [2.24, 2.45) is 28.6 Å². The van der Waals surface area contributed by atoms with Crippen LogP contribution in [0, 0.1) is 28.6 Å². The molecule has 4 aliphatic rings. The van der Waals surface area contributed by atoms with E-state index in [1.165, 1.54) is 12.5 Å². The number of allylic oxidation sites excluding steroid dienone is 1. The highest BCUT2D eigenvalue weighted by atomic mass is 16.6. The lowest BCUT2D eigenvalue weighted by atomic mass is 9.47. The summed E-state index contributed by atoms with van der Waals surface area (Å²) in [7, 11) is 3.35. The number of aliphatic carboxylic acids is 1. The molecule has 4 rings (SSSR count). The molecule has 0 heterocycles. The first kappa shape index (κ1) is 26.8. The molecule has 0 aromatic heterocycles. The molecule has 0 spiro atoms. The number of hydrogen-bond acceptors (Lipinski definition) is 6. The maximum atomic E-state index is 13.3. The topological polar surface area (TPSA) is 107 Å². The zero-order valence-corrected chi connectivity index (χ0v) is 22.4. The summed E-state index contributed by atoms with van der Waals surface area (Å²) >= 11 is 0. The van der Waals surface area contributed by atoms with Crippen molar-refractivity contribution in [2.45, 2.75) is 90.8 Å². The number of ether oxygens (including phenoxy) is 2. The maximum Gasteiger partial charge on any atom is 0.515 e. The molecule has 0 aromatic rings. The predicted molar refractivity (Wildman–Crippen MR) is 132 cm³/mol. The van der Waals surface area contributed by atoms with Gasteiger partial charge in [0.15, 0.2) is 11.9 Å². The molecule has 1 amide bonds. The third kappa shape index (κ3) is 4.85. The highest BCUT2D eigenvalue weighted by molar-refractivity contribution is 5.91. The van der Waals surface area contributed by atoms with Gasteiger partial charge in [-0.25, -0.2) is 4.48 Å². The molecule has 3 fully saturated rings. The fourth-order valence-corrected chi connectivity index (χ4v) is 8.13. The van der Waals surface area contributed by atoms with E-state index in [1.807, 2.05) is 6.08 Å². The summed E-state index contributed by atoms with van der Waals surface area (Å²) in [5, 5.41) is 9.19. The van der Waals surface area contributed by atoms with Crippen molar-refractivity contribution in [3.8, 4) is 0 Å². The second-order valence-corrected chi connectivity index (χ2v) is 12.7. The maximum absolute atomic E-state index is 13.3. The molecule has 0 saturated heterocycles. The normalized spacial score (nSPS) is 36.6. The fraction of sp³-hybridized carbons (Fsp3) is 0.786. The van der Waals surface area contributed by atoms with Gasteiger partial charge in [0.1, 0.15) is 12.6 Å². The van der Waals surface area contributed by atoms with Crippen LogP contribution in [-0.2, 0) is 23.9 Å². The Bertz CT molecular complexity index is 955. The second-order valence-electron chi connectivity index (χ2n) is 12.7. The molecule has 0 aromatic carbocycles. The van der Waals surface area contributed by atoms with Crippen LogP contribution in [0.3, 0.4) is 0 Å². The van der Waals surface area contributed by atoms with Gasteiger partial charge in [-0.2, -0.15) is 4.79 Å². The second kappa shape index (κ2) is 9.58. The Morgan fingerprint density at radius 3 is 2.47 bits per heavy atom. The van der Waals surface area contributed by atoms with Gasteiger partial charge in [0.25, 0.3) is 0 Å². The van der Waals surface area contributed by atoms with Crippen LogP contribution in [0.25, 0.3) is 0 Å². The van der Waals surface area contributed by atoms with Gasteiger partial charge >= 0.3 is 18.0 Å². The van der Waals surface area contributed by atoms with Crippen LogP contribution < -0.4 is 0 Å². The number of amides is 1. The van der Waals surface area contributed by atoms with E-state index in [2.05, 4.69) is 13.8 Å². The number of carboxylic acid groups (broad SMARTS) is 1. The molecule has 8 heteroatoms. The Labute approximate surface area is 214 Å². The first-order valence-corrected chi connectivity index (χ1v) is 13.4. The van der Waals surface area contributed by atoms with E-state index < -0.39 is 24.1 Å². The molecule has 1 N–H and O–H groups in total. The highest BCUT2D eigenvalue weighted by Gasteiger charge is 2.60. The number of ketones is 1. The van der Waals surface area contributed by atoms with Gasteiger partial charge in [0.2, 0.25) is 0 Å². The van der Waals surface area contributed by atoms with Crippen molar-refractivity contribution >= 4 is 23.8 Å². The van der Waals surface area contributed by atoms with Crippen LogP contribution in [-0.4, -0.2) is 66.3 Å². The van der Waals surface area contributed by atoms with Gasteiger partial charge in [-0.3, -0.25) is 14.4 Å². The molecular formula is C28H42NO7+. The van der Waals surface area contributed by atoms with E-state index in [-0.39, 0.29) is 40.2 Å². The number of likely N-dealkylation sites (N-methyl/N-ethyl adjacent to an activating group) is 1. The summed E-state index contributed by atoms with van der Waals surface area (Å²) in [6.45, 7) is 5.92. The number of carbonyl (C=O) groups is 4. The minimum atomic E-state index is -1.08. The predicted octanol–water partition coefficient (Wildman–Crippen LogP) is 4.51. The molecular weight excluding hydrogens is 462 g/mol. The van der Waals surface area contributed by atoms with Crippen LogP contribution in [0.5, 0.6) is 0 Å². The molecule has 0 bridgehead atoms. The summed E-state index contributed by atoms with van der Waals surface area (Å²) in [5.74, 6) is 0.258. The van der Waals surface area contributed by atoms with Gasteiger partial charge < -0.3 is 14.6 Å². The lowest BCUT2D eigenvalue weighted by Crippen LogP contribution is -2.55. The molecule has 0 aliphatic heterocycles. The molecule has 0 radical (unpaired) electrons. The molecule has 200 valence electrons. The number of fused-ring (bicyclic) bond motifs is 5. The first-order valence-electron chi connectivity index (χ1n) is 13.4. The van der Waals surface area contributed by atoms with Gasteiger partial charge in [-0.1, -0.05) is 19.4 Å². The van der Waals surface area contributed by atoms with Crippen molar-refractivity contribution in [2.75, 3.05) is 20.6 Å². The monoisotopic (exact) mass is 504 g/mol. The number of quaternary nitrogens is 1. The van der Waals surface area contributed by atoms with Crippen LogP contribution >= 0.6 is 0 Å². The SMILES string of the molecule is CC(=O)OC(CC(=O)O)C[N+](C)(C)C(=O)O[C@H]1CC[C@H]2[C@@H]3CCC4=CC(=O)CC[C@]4(C)[C@H]3CC[C@]12C. The molecule has 3 saturated carbocycles. The van der Waals surface area contributed by atoms with E-state index in [0.29, 0.717) is 24.2 Å². The fourth-order valence-electron chi connectivity index (χ4n) is 8.13. The first-order chi connectivity index (χ1) is 16.8. The van der Waals surface area contributed by atoms with E-state index in [9.17, 15) is 24.3 Å². The van der Waals surface area contributed by atoms with Crippen molar-refractivity contribution in [1.29, 1.82) is 0 Å². The largest absolute Gasteiger partial charge is 0.515 e. The third-order valence-electron chi connectivity index (χ3n) is 10.0. The van der Waals surface area contributed by atoms with Gasteiger partial charge in [-0.15, -0.1) is 0 Å². The average molecular weight is 505 g/mol. The minimum absolute atomic E-state index is 0.0362. The summed E-state index contributed by atoms with van der Waals surface area (Å²) in [4.78, 5) is 48.1. The van der Waals surface area contributed by atoms with Crippen LogP contribution in [0.15, 0.2) is 11.6 Å². The summed E-state index contributed by atoms with van der Waals surface area (Å²) in [6.07, 6.45) is 7.70. The Hall–Kier alpha value is -2.22. The molecule has 1 unspecified atom stereocenters. The lowest BCUT2D eigenvalue weighted by Gasteiger charge is -2.57. The standard InChI is InChI=1S/C28H41NO7/c1-17(30)35-20(15-25(32)33)16-29(4,5)26(34)36-24-9-8-22-21-7-6-18-14-19(31)10-12-27(18,2)23(21)11-13-28(22,24)3/h14,20-24H,6-13,15-16H2,1-5H3/p+1/t20?,21-,22-,23-,24-,27-,28-/m0/s1. The zero-order chi connectivity index (χ0) is 26.5. The van der Waals surface area contributed by atoms with E-state index in [4.69, 9.17) is 9.47 Å². The quantitative estimate of drug-likeness (QED) is 0.419. The van der Waals surface area contributed by atoms with Crippen LogP contribution in [0.2, 0.25) is 0 Å². The van der Waals surface area contributed by atoms with Crippen LogP contribution in [0.4, 0.5) is 4.79 Å². The van der Waals surface area contributed by atoms with Crippen molar-refractivity contribution in [3.63, 3.8) is 0 Å². The van der Waals surface area contributed by atoms with Crippen molar-refractivity contribution < 1.29 is 38.2 Å². The van der Waals surface area contributed by atoms with Gasteiger partial charge in [0, 0.05) is 18.8 Å². The third-order valence-corrected chi connectivity index (χ3v) is 10.0. The Kier molecular flexibility index (Phi) is 7.14. The number of hydrogen-bond donors (Lipinski definition) is 1. The number of carboxylic acids is 1. The van der Waals surface area contributed by atoms with Gasteiger partial charge in [-0.05, 0) is 74.2 Å². The Morgan fingerprint density at radius 1 is 1.08 bits per heavy atom. The van der Waals surface area contributed by atoms with E-state index in [0.717, 1.165) is 44.9 Å². The summed E-state index contributed by atoms with van der Waals surface area (Å²) < 4.78 is 11.1. The molecule has 7 atom stereocenters.